The summed E-state index contributed by atoms with van der Waals surface area (Å²) in [4.78, 5) is 52.3. The van der Waals surface area contributed by atoms with Crippen LogP contribution in [0.15, 0.2) is 42.5 Å². The van der Waals surface area contributed by atoms with E-state index in [2.05, 4.69) is 10.6 Å². The molecule has 0 aromatic heterocycles. The topological polar surface area (TPSA) is 131 Å². The Morgan fingerprint density at radius 2 is 1.72 bits per heavy atom. The van der Waals surface area contributed by atoms with Crippen LogP contribution in [0.25, 0.3) is 0 Å². The standard InChI is InChI=1S/C26H33ClN4O5/c1-15-9-7-11-17(13-15)22(23(33)30-21-16(2)10-8-12-18(21)27)31(6)24(34)19(14-20(28)32)29-25(35)36-26(3,4)5/h7-13,19,22H,14H2,1-6H3,(H2,28,32)(H,29,35)(H,30,33). The number of hydrogen-bond acceptors (Lipinski definition) is 5. The van der Waals surface area contributed by atoms with E-state index < -0.39 is 47.9 Å². The van der Waals surface area contributed by atoms with Crippen LogP contribution in [0.1, 0.15) is 49.9 Å². The SMILES string of the molecule is Cc1cccc(C(C(=O)Nc2c(C)cccc2Cl)N(C)C(=O)C(CC(N)=O)NC(=O)OC(C)(C)C)c1. The minimum Gasteiger partial charge on any atom is -0.444 e. The van der Waals surface area contributed by atoms with E-state index >= 15 is 0 Å². The van der Waals surface area contributed by atoms with Gasteiger partial charge in [-0.2, -0.15) is 0 Å². The van der Waals surface area contributed by atoms with Crippen LogP contribution in [0.4, 0.5) is 10.5 Å². The zero-order chi connectivity index (χ0) is 27.2. The number of carbonyl (C=O) groups excluding carboxylic acids is 4. The summed E-state index contributed by atoms with van der Waals surface area (Å²) in [5.41, 5.74) is 7.08. The number of rotatable bonds is 8. The van der Waals surface area contributed by atoms with Crippen LogP contribution in [0.5, 0.6) is 0 Å². The molecule has 0 heterocycles. The molecule has 2 aromatic carbocycles. The predicted octanol–water partition coefficient (Wildman–Crippen LogP) is 3.86. The van der Waals surface area contributed by atoms with Gasteiger partial charge >= 0.3 is 6.09 Å². The molecule has 0 aliphatic heterocycles. The van der Waals surface area contributed by atoms with Crippen LogP contribution in [0, 0.1) is 13.8 Å². The van der Waals surface area contributed by atoms with Crippen molar-refractivity contribution in [1.29, 1.82) is 0 Å². The van der Waals surface area contributed by atoms with Crippen LogP contribution < -0.4 is 16.4 Å². The second kappa shape index (κ2) is 11.9. The molecule has 0 spiro atoms. The number of amides is 4. The van der Waals surface area contributed by atoms with E-state index in [0.717, 1.165) is 11.1 Å². The Kier molecular flexibility index (Phi) is 9.47. The van der Waals surface area contributed by atoms with Crippen molar-refractivity contribution in [3.05, 3.63) is 64.2 Å². The zero-order valence-corrected chi connectivity index (χ0v) is 22.1. The van der Waals surface area contributed by atoms with Crippen molar-refractivity contribution in [1.82, 2.24) is 10.2 Å². The molecule has 194 valence electrons. The number of anilines is 1. The van der Waals surface area contributed by atoms with Crippen LogP contribution in [-0.2, 0) is 19.1 Å². The summed E-state index contributed by atoms with van der Waals surface area (Å²) in [6.45, 7) is 8.65. The fourth-order valence-electron chi connectivity index (χ4n) is 3.60. The maximum Gasteiger partial charge on any atom is 0.408 e. The average molecular weight is 517 g/mol. The summed E-state index contributed by atoms with van der Waals surface area (Å²) in [6.07, 6.45) is -1.37. The van der Waals surface area contributed by atoms with E-state index in [9.17, 15) is 19.2 Å². The Labute approximate surface area is 216 Å². The molecule has 0 bridgehead atoms. The molecule has 4 N–H and O–H groups in total. The maximum atomic E-state index is 13.6. The molecule has 36 heavy (non-hydrogen) atoms. The van der Waals surface area contributed by atoms with Crippen molar-refractivity contribution in [3.63, 3.8) is 0 Å². The minimum atomic E-state index is -1.34. The number of nitrogens with one attached hydrogen (secondary N) is 2. The van der Waals surface area contributed by atoms with Gasteiger partial charge in [-0.3, -0.25) is 14.4 Å². The lowest BCUT2D eigenvalue weighted by Gasteiger charge is -2.31. The van der Waals surface area contributed by atoms with Gasteiger partial charge in [-0.25, -0.2) is 4.79 Å². The minimum absolute atomic E-state index is 0.346. The molecular weight excluding hydrogens is 484 g/mol. The number of para-hydroxylation sites is 1. The van der Waals surface area contributed by atoms with Gasteiger partial charge in [-0.05, 0) is 51.8 Å². The second-order valence-corrected chi connectivity index (χ2v) is 9.96. The fourth-order valence-corrected chi connectivity index (χ4v) is 3.87. The number of benzene rings is 2. The number of alkyl carbamates (subject to hydrolysis) is 1. The van der Waals surface area contributed by atoms with Crippen molar-refractivity contribution < 1.29 is 23.9 Å². The lowest BCUT2D eigenvalue weighted by molar-refractivity contribution is -0.140. The Morgan fingerprint density at radius 3 is 2.28 bits per heavy atom. The molecule has 2 unspecified atom stereocenters. The molecule has 2 aromatic rings. The number of likely N-dealkylation sites (N-methyl/N-ethyl adjacent to an activating group) is 1. The van der Waals surface area contributed by atoms with Crippen molar-refractivity contribution in [2.75, 3.05) is 12.4 Å². The largest absolute Gasteiger partial charge is 0.444 e. The molecule has 0 fully saturated rings. The van der Waals surface area contributed by atoms with Gasteiger partial charge < -0.3 is 26.0 Å². The number of ether oxygens (including phenoxy) is 1. The third kappa shape index (κ3) is 7.98. The monoisotopic (exact) mass is 516 g/mol. The Bertz CT molecular complexity index is 1130. The average Bonchev–Trinajstić information content (AvgIpc) is 2.74. The van der Waals surface area contributed by atoms with E-state index in [1.165, 1.54) is 11.9 Å². The van der Waals surface area contributed by atoms with Gasteiger partial charge in [0, 0.05) is 7.05 Å². The Morgan fingerprint density at radius 1 is 1.08 bits per heavy atom. The van der Waals surface area contributed by atoms with E-state index in [0.29, 0.717) is 16.3 Å². The molecule has 2 rings (SSSR count). The molecule has 4 amide bonds. The molecule has 0 saturated carbocycles. The number of halogens is 1. The molecule has 0 saturated heterocycles. The highest BCUT2D eigenvalue weighted by atomic mass is 35.5. The van der Waals surface area contributed by atoms with E-state index in [-0.39, 0.29) is 0 Å². The van der Waals surface area contributed by atoms with Crippen LogP contribution >= 0.6 is 11.6 Å². The summed E-state index contributed by atoms with van der Waals surface area (Å²) in [5.74, 6) is -2.03. The number of primary amides is 1. The van der Waals surface area contributed by atoms with E-state index in [1.54, 1.807) is 64.1 Å². The van der Waals surface area contributed by atoms with Gasteiger partial charge in [-0.1, -0.05) is 53.6 Å². The highest BCUT2D eigenvalue weighted by Gasteiger charge is 2.35. The summed E-state index contributed by atoms with van der Waals surface area (Å²) >= 11 is 6.30. The second-order valence-electron chi connectivity index (χ2n) is 9.56. The number of carbonyl (C=O) groups is 4. The highest BCUT2D eigenvalue weighted by Crippen LogP contribution is 2.29. The van der Waals surface area contributed by atoms with Gasteiger partial charge in [0.15, 0.2) is 0 Å². The van der Waals surface area contributed by atoms with Crippen molar-refractivity contribution in [3.8, 4) is 0 Å². The molecule has 0 aliphatic rings. The van der Waals surface area contributed by atoms with E-state index in [1.807, 2.05) is 13.0 Å². The summed E-state index contributed by atoms with van der Waals surface area (Å²) in [6, 6.07) is 9.87. The maximum absolute atomic E-state index is 13.6. The van der Waals surface area contributed by atoms with Gasteiger partial charge in [0.1, 0.15) is 17.7 Å². The molecular formula is C26H33ClN4O5. The third-order valence-electron chi connectivity index (χ3n) is 5.21. The lowest BCUT2D eigenvalue weighted by atomic mass is 10.0. The molecule has 2 atom stereocenters. The fraction of sp³-hybridized carbons (Fsp3) is 0.385. The number of nitrogens with two attached hydrogens (primary N) is 1. The van der Waals surface area contributed by atoms with Gasteiger partial charge in [0.05, 0.1) is 17.1 Å². The molecule has 0 radical (unpaired) electrons. The van der Waals surface area contributed by atoms with Crippen molar-refractivity contribution >= 4 is 41.1 Å². The number of aryl methyl sites for hydroxylation is 2. The van der Waals surface area contributed by atoms with E-state index in [4.69, 9.17) is 22.1 Å². The molecule has 0 aliphatic carbocycles. The van der Waals surface area contributed by atoms with Crippen molar-refractivity contribution in [2.45, 2.75) is 58.7 Å². The highest BCUT2D eigenvalue weighted by molar-refractivity contribution is 6.34. The Balaban J connectivity index is 2.43. The van der Waals surface area contributed by atoms with Crippen LogP contribution in [0.3, 0.4) is 0 Å². The smallest absolute Gasteiger partial charge is 0.408 e. The quantitative estimate of drug-likeness (QED) is 0.490. The summed E-state index contributed by atoms with van der Waals surface area (Å²) < 4.78 is 5.23. The van der Waals surface area contributed by atoms with Crippen LogP contribution in [-0.4, -0.2) is 47.4 Å². The molecule has 9 nitrogen and oxygen atoms in total. The third-order valence-corrected chi connectivity index (χ3v) is 5.52. The molecule has 10 heteroatoms. The first-order valence-electron chi connectivity index (χ1n) is 11.4. The van der Waals surface area contributed by atoms with Gasteiger partial charge in [-0.15, -0.1) is 0 Å². The van der Waals surface area contributed by atoms with Gasteiger partial charge in [0.25, 0.3) is 5.91 Å². The van der Waals surface area contributed by atoms with Crippen molar-refractivity contribution in [2.24, 2.45) is 5.73 Å². The number of nitrogens with zero attached hydrogens (tertiary/aromatic N) is 1. The summed E-state index contributed by atoms with van der Waals surface area (Å²) in [7, 11) is 1.42. The Hall–Kier alpha value is -3.59. The zero-order valence-electron chi connectivity index (χ0n) is 21.3. The number of hydrogen-bond donors (Lipinski definition) is 3. The first kappa shape index (κ1) is 28.6. The first-order chi connectivity index (χ1) is 16.7. The first-order valence-corrected chi connectivity index (χ1v) is 11.7. The predicted molar refractivity (Wildman–Crippen MR) is 138 cm³/mol. The van der Waals surface area contributed by atoms with Crippen LogP contribution in [0.2, 0.25) is 5.02 Å². The normalized spacial score (nSPS) is 12.8. The van der Waals surface area contributed by atoms with Gasteiger partial charge in [0.2, 0.25) is 11.8 Å². The summed E-state index contributed by atoms with van der Waals surface area (Å²) in [5, 5.41) is 5.57. The lowest BCUT2D eigenvalue weighted by Crippen LogP contribution is -2.52.